The molecular formula is C17H17Br2N3O2S. The van der Waals surface area contributed by atoms with E-state index >= 15 is 0 Å². The Morgan fingerprint density at radius 2 is 1.80 bits per heavy atom. The molecule has 3 rings (SSSR count). The largest absolute Gasteiger partial charge is 0.371 e. The van der Waals surface area contributed by atoms with Crippen molar-refractivity contribution in [2.45, 2.75) is 12.8 Å². The molecule has 1 aromatic carbocycles. The minimum atomic E-state index is -0.204. The lowest BCUT2D eigenvalue weighted by atomic mass is 9.96. The lowest BCUT2D eigenvalue weighted by molar-refractivity contribution is -0.122. The van der Waals surface area contributed by atoms with Crippen LogP contribution in [0.5, 0.6) is 0 Å². The van der Waals surface area contributed by atoms with E-state index in [-0.39, 0.29) is 17.7 Å². The molecule has 5 nitrogen and oxygen atoms in total. The van der Waals surface area contributed by atoms with Crippen molar-refractivity contribution in [3.8, 4) is 0 Å². The van der Waals surface area contributed by atoms with E-state index in [9.17, 15) is 9.59 Å². The fourth-order valence-electron chi connectivity index (χ4n) is 2.83. The highest BCUT2D eigenvalue weighted by atomic mass is 79.9. The monoisotopic (exact) mass is 485 g/mol. The number of amides is 2. The second-order valence-corrected chi connectivity index (χ2v) is 9.12. The smallest absolute Gasteiger partial charge is 0.265 e. The molecule has 1 aliphatic heterocycles. The van der Waals surface area contributed by atoms with Crippen LogP contribution in [0, 0.1) is 5.92 Å². The molecule has 2 amide bonds. The maximum Gasteiger partial charge on any atom is 0.265 e. The van der Waals surface area contributed by atoms with Crippen molar-refractivity contribution >= 4 is 66.4 Å². The van der Waals surface area contributed by atoms with Gasteiger partial charge in [0.15, 0.2) is 0 Å². The predicted octanol–water partition coefficient (Wildman–Crippen LogP) is 4.23. The molecule has 0 spiro atoms. The van der Waals surface area contributed by atoms with E-state index in [0.717, 1.165) is 45.6 Å². The summed E-state index contributed by atoms with van der Waals surface area (Å²) in [4.78, 5) is 26.4. The number of hydrogen-bond donors (Lipinski definition) is 2. The summed E-state index contributed by atoms with van der Waals surface area (Å²) in [7, 11) is 0. The molecule has 0 bridgehead atoms. The summed E-state index contributed by atoms with van der Waals surface area (Å²) in [5, 5.41) is 2.90. The molecule has 0 aliphatic carbocycles. The minimum Gasteiger partial charge on any atom is -0.371 e. The van der Waals surface area contributed by atoms with Crippen LogP contribution in [0.2, 0.25) is 0 Å². The van der Waals surface area contributed by atoms with Gasteiger partial charge in [-0.15, -0.1) is 11.3 Å². The molecule has 25 heavy (non-hydrogen) atoms. The molecule has 1 fully saturated rings. The highest BCUT2D eigenvalue weighted by molar-refractivity contribution is 9.13. The van der Waals surface area contributed by atoms with Crippen LogP contribution in [-0.2, 0) is 4.79 Å². The third-order valence-electron chi connectivity index (χ3n) is 4.26. The third kappa shape index (κ3) is 4.43. The molecule has 0 unspecified atom stereocenters. The first-order chi connectivity index (χ1) is 11.9. The second-order valence-electron chi connectivity index (χ2n) is 5.90. The Hall–Kier alpha value is -1.38. The van der Waals surface area contributed by atoms with Crippen LogP contribution in [0.15, 0.2) is 38.6 Å². The van der Waals surface area contributed by atoms with E-state index in [0.29, 0.717) is 4.88 Å². The molecule has 8 heteroatoms. The normalized spacial score (nSPS) is 15.2. The van der Waals surface area contributed by atoms with Crippen LogP contribution >= 0.6 is 43.2 Å². The van der Waals surface area contributed by atoms with Gasteiger partial charge in [-0.1, -0.05) is 0 Å². The van der Waals surface area contributed by atoms with Crippen LogP contribution in [0.25, 0.3) is 0 Å². The summed E-state index contributed by atoms with van der Waals surface area (Å²) in [6.07, 6.45) is 1.58. The fraction of sp³-hybridized carbons (Fsp3) is 0.294. The Morgan fingerprint density at radius 3 is 2.32 bits per heavy atom. The Bertz CT molecular complexity index is 764. The fourth-order valence-corrected chi connectivity index (χ4v) is 4.76. The zero-order valence-corrected chi connectivity index (χ0v) is 17.3. The number of piperidine rings is 1. The van der Waals surface area contributed by atoms with E-state index in [4.69, 9.17) is 5.73 Å². The van der Waals surface area contributed by atoms with Gasteiger partial charge in [0.2, 0.25) is 5.91 Å². The molecule has 1 aromatic heterocycles. The summed E-state index contributed by atoms with van der Waals surface area (Å²) in [5.74, 6) is -0.352. The molecule has 0 atom stereocenters. The van der Waals surface area contributed by atoms with Crippen LogP contribution in [-0.4, -0.2) is 24.9 Å². The van der Waals surface area contributed by atoms with E-state index in [1.54, 1.807) is 6.07 Å². The molecule has 3 N–H and O–H groups in total. The molecule has 2 aromatic rings. The summed E-state index contributed by atoms with van der Waals surface area (Å²) < 4.78 is 1.77. The number of carbonyl (C=O) groups excluding carboxylic acids is 2. The van der Waals surface area contributed by atoms with Crippen molar-refractivity contribution < 1.29 is 9.59 Å². The van der Waals surface area contributed by atoms with Crippen LogP contribution in [0.4, 0.5) is 11.4 Å². The van der Waals surface area contributed by atoms with Crippen molar-refractivity contribution in [2.75, 3.05) is 23.3 Å². The van der Waals surface area contributed by atoms with E-state index in [1.807, 2.05) is 24.3 Å². The molecule has 1 aliphatic rings. The number of nitrogens with zero attached hydrogens (tertiary/aromatic N) is 1. The van der Waals surface area contributed by atoms with Gasteiger partial charge in [-0.05, 0) is 75.0 Å². The number of hydrogen-bond acceptors (Lipinski definition) is 4. The Morgan fingerprint density at radius 1 is 1.16 bits per heavy atom. The average molecular weight is 487 g/mol. The summed E-state index contributed by atoms with van der Waals surface area (Å²) >= 11 is 8.16. The van der Waals surface area contributed by atoms with Crippen LogP contribution < -0.4 is 16.0 Å². The molecule has 132 valence electrons. The average Bonchev–Trinajstić information content (AvgIpc) is 2.95. The van der Waals surface area contributed by atoms with Gasteiger partial charge in [-0.25, -0.2) is 0 Å². The number of primary amides is 1. The van der Waals surface area contributed by atoms with Gasteiger partial charge in [-0.2, -0.15) is 0 Å². The number of nitrogens with one attached hydrogen (secondary N) is 1. The van der Waals surface area contributed by atoms with E-state index in [2.05, 4.69) is 42.1 Å². The highest BCUT2D eigenvalue weighted by Crippen LogP contribution is 2.33. The topological polar surface area (TPSA) is 75.4 Å². The van der Waals surface area contributed by atoms with Crippen molar-refractivity contribution in [1.82, 2.24) is 0 Å². The first kappa shape index (κ1) is 18.4. The van der Waals surface area contributed by atoms with Crippen molar-refractivity contribution in [1.29, 1.82) is 0 Å². The Kier molecular flexibility index (Phi) is 5.81. The van der Waals surface area contributed by atoms with E-state index < -0.39 is 0 Å². The Labute approximate surface area is 166 Å². The molecular weight excluding hydrogens is 470 g/mol. The zero-order valence-electron chi connectivity index (χ0n) is 13.3. The molecule has 2 heterocycles. The number of benzene rings is 1. The number of anilines is 2. The number of thiophene rings is 1. The zero-order chi connectivity index (χ0) is 18.0. The summed E-state index contributed by atoms with van der Waals surface area (Å²) in [6, 6.07) is 9.55. The molecule has 1 saturated heterocycles. The first-order valence-electron chi connectivity index (χ1n) is 7.84. The molecule has 0 saturated carbocycles. The second kappa shape index (κ2) is 7.88. The van der Waals surface area contributed by atoms with Crippen molar-refractivity contribution in [3.63, 3.8) is 0 Å². The van der Waals surface area contributed by atoms with Gasteiger partial charge in [-0.3, -0.25) is 9.59 Å². The number of nitrogens with two attached hydrogens (primary N) is 1. The third-order valence-corrected chi connectivity index (χ3v) is 7.51. The standard InChI is InChI=1S/C17H17Br2N3O2S/c18-13-9-14(25-15(13)19)17(24)21-11-1-3-12(4-2-11)22-7-5-10(6-8-22)16(20)23/h1-4,9-10H,5-8H2,(H2,20,23)(H,21,24). The maximum absolute atomic E-state index is 12.3. The van der Waals surface area contributed by atoms with Gasteiger partial charge in [0.25, 0.3) is 5.91 Å². The summed E-state index contributed by atoms with van der Waals surface area (Å²) in [6.45, 7) is 1.63. The van der Waals surface area contributed by atoms with Crippen molar-refractivity contribution in [3.05, 3.63) is 43.5 Å². The van der Waals surface area contributed by atoms with Crippen LogP contribution in [0.1, 0.15) is 22.5 Å². The van der Waals surface area contributed by atoms with Gasteiger partial charge in [0.05, 0.1) is 8.66 Å². The minimum absolute atomic E-state index is 0.0146. The first-order valence-corrected chi connectivity index (χ1v) is 10.2. The van der Waals surface area contributed by atoms with Gasteiger partial charge in [0, 0.05) is 34.9 Å². The maximum atomic E-state index is 12.3. The number of rotatable bonds is 4. The van der Waals surface area contributed by atoms with Gasteiger partial charge < -0.3 is 16.0 Å². The molecule has 0 radical (unpaired) electrons. The van der Waals surface area contributed by atoms with E-state index in [1.165, 1.54) is 11.3 Å². The summed E-state index contributed by atoms with van der Waals surface area (Å²) in [5.41, 5.74) is 7.21. The quantitative estimate of drug-likeness (QED) is 0.679. The highest BCUT2D eigenvalue weighted by Gasteiger charge is 2.23. The number of carbonyl (C=O) groups is 2. The lowest BCUT2D eigenvalue weighted by Gasteiger charge is -2.32. The van der Waals surface area contributed by atoms with Crippen LogP contribution in [0.3, 0.4) is 0 Å². The van der Waals surface area contributed by atoms with Gasteiger partial charge in [0.1, 0.15) is 0 Å². The number of halogens is 2. The SMILES string of the molecule is NC(=O)C1CCN(c2ccc(NC(=O)c3cc(Br)c(Br)s3)cc2)CC1. The Balaban J connectivity index is 1.61. The lowest BCUT2D eigenvalue weighted by Crippen LogP contribution is -2.38. The van der Waals surface area contributed by atoms with Crippen molar-refractivity contribution in [2.24, 2.45) is 11.7 Å². The predicted molar refractivity (Wildman–Crippen MR) is 108 cm³/mol. The van der Waals surface area contributed by atoms with Gasteiger partial charge >= 0.3 is 0 Å².